The van der Waals surface area contributed by atoms with Gasteiger partial charge in [-0.15, -0.1) is 0 Å². The third kappa shape index (κ3) is 5.44. The summed E-state index contributed by atoms with van der Waals surface area (Å²) < 4.78 is 34.1. The molecule has 4 rings (SSSR count). The Hall–Kier alpha value is -3.50. The molecule has 0 atom stereocenters. The van der Waals surface area contributed by atoms with E-state index < -0.39 is 21.9 Å². The number of aromatic nitrogens is 2. The van der Waals surface area contributed by atoms with Crippen molar-refractivity contribution in [3.05, 3.63) is 71.5 Å². The minimum atomic E-state index is -3.64. The van der Waals surface area contributed by atoms with Crippen LogP contribution in [-0.4, -0.2) is 54.1 Å². The molecule has 0 saturated carbocycles. The monoisotopic (exact) mass is 496 g/mol. The number of piperidine rings is 1. The van der Waals surface area contributed by atoms with Crippen molar-refractivity contribution in [2.75, 3.05) is 25.0 Å². The summed E-state index contributed by atoms with van der Waals surface area (Å²) in [6, 6.07) is 13.2. The highest BCUT2D eigenvalue weighted by atomic mass is 32.2. The number of amides is 1. The molecule has 184 valence electrons. The molecule has 3 aromatic rings. The number of rotatable bonds is 7. The zero-order valence-electron chi connectivity index (χ0n) is 19.7. The maximum atomic E-state index is 13.0. The SMILES string of the molecule is CCOC(=O)c1ccn(-c2ccc(NC(=O)c3cc(S(=O)(=O)N4CCCCC4)ccc3C)cc2)n1. The second-order valence-electron chi connectivity index (χ2n) is 8.31. The smallest absolute Gasteiger partial charge is 0.358 e. The molecule has 0 bridgehead atoms. The van der Waals surface area contributed by atoms with E-state index in [0.29, 0.717) is 35.6 Å². The standard InChI is InChI=1S/C25H28N4O5S/c1-3-34-25(31)23-13-16-29(27-23)20-10-8-19(9-11-20)26-24(30)22-17-21(12-7-18(22)2)35(32,33)28-14-5-4-6-15-28/h7-13,16-17H,3-6,14-15H2,1-2H3,(H,26,30). The Morgan fingerprint density at radius 2 is 1.74 bits per heavy atom. The zero-order chi connectivity index (χ0) is 25.0. The molecule has 1 N–H and O–H groups in total. The van der Waals surface area contributed by atoms with Crippen molar-refractivity contribution in [2.24, 2.45) is 0 Å². The van der Waals surface area contributed by atoms with E-state index in [2.05, 4.69) is 10.4 Å². The van der Waals surface area contributed by atoms with Gasteiger partial charge in [-0.2, -0.15) is 9.40 Å². The Bertz CT molecular complexity index is 1330. The lowest BCUT2D eigenvalue weighted by atomic mass is 10.1. The first-order valence-electron chi connectivity index (χ1n) is 11.5. The lowest BCUT2D eigenvalue weighted by molar-refractivity contribution is 0.0518. The first-order chi connectivity index (χ1) is 16.8. The van der Waals surface area contributed by atoms with Gasteiger partial charge in [0.1, 0.15) is 0 Å². The van der Waals surface area contributed by atoms with E-state index in [9.17, 15) is 18.0 Å². The summed E-state index contributed by atoms with van der Waals surface area (Å²) in [6.07, 6.45) is 4.37. The van der Waals surface area contributed by atoms with Gasteiger partial charge >= 0.3 is 5.97 Å². The van der Waals surface area contributed by atoms with Crippen LogP contribution in [0.1, 0.15) is 52.6 Å². The first kappa shape index (κ1) is 24.6. The summed E-state index contributed by atoms with van der Waals surface area (Å²) in [5.41, 5.74) is 2.43. The number of ether oxygens (including phenoxy) is 1. The molecule has 10 heteroatoms. The van der Waals surface area contributed by atoms with E-state index >= 15 is 0 Å². The molecule has 0 radical (unpaired) electrons. The number of carbonyl (C=O) groups is 2. The van der Waals surface area contributed by atoms with Crippen molar-refractivity contribution in [1.82, 2.24) is 14.1 Å². The number of benzene rings is 2. The summed E-state index contributed by atoms with van der Waals surface area (Å²) in [5.74, 6) is -0.885. The molecule has 2 aromatic carbocycles. The van der Waals surface area contributed by atoms with Crippen molar-refractivity contribution in [2.45, 2.75) is 38.0 Å². The molecule has 1 amide bonds. The fourth-order valence-corrected chi connectivity index (χ4v) is 5.48. The highest BCUT2D eigenvalue weighted by molar-refractivity contribution is 7.89. The summed E-state index contributed by atoms with van der Waals surface area (Å²) in [4.78, 5) is 24.9. The molecule has 0 spiro atoms. The van der Waals surface area contributed by atoms with Gasteiger partial charge in [0, 0.05) is 30.5 Å². The molecule has 1 aliphatic heterocycles. The van der Waals surface area contributed by atoms with Crippen LogP contribution in [0.3, 0.4) is 0 Å². The minimum absolute atomic E-state index is 0.126. The summed E-state index contributed by atoms with van der Waals surface area (Å²) >= 11 is 0. The number of aryl methyl sites for hydroxylation is 1. The average molecular weight is 497 g/mol. The quantitative estimate of drug-likeness (QED) is 0.499. The van der Waals surface area contributed by atoms with Crippen LogP contribution >= 0.6 is 0 Å². The predicted octanol–water partition coefficient (Wildman–Crippen LogP) is 3.78. The van der Waals surface area contributed by atoms with Gasteiger partial charge in [-0.3, -0.25) is 4.79 Å². The van der Waals surface area contributed by atoms with Crippen molar-refractivity contribution in [3.8, 4) is 5.69 Å². The van der Waals surface area contributed by atoms with Gasteiger partial charge in [-0.25, -0.2) is 17.9 Å². The molecule has 1 fully saturated rings. The normalized spacial score (nSPS) is 14.5. The number of hydrogen-bond donors (Lipinski definition) is 1. The zero-order valence-corrected chi connectivity index (χ0v) is 20.5. The number of sulfonamides is 1. The van der Waals surface area contributed by atoms with Crippen LogP contribution in [0.15, 0.2) is 59.6 Å². The lowest BCUT2D eigenvalue weighted by Crippen LogP contribution is -2.35. The van der Waals surface area contributed by atoms with Gasteiger partial charge < -0.3 is 10.1 Å². The van der Waals surface area contributed by atoms with Crippen LogP contribution in [0.5, 0.6) is 0 Å². The van der Waals surface area contributed by atoms with E-state index in [0.717, 1.165) is 19.3 Å². The van der Waals surface area contributed by atoms with Gasteiger partial charge in [0.05, 0.1) is 17.2 Å². The fraction of sp³-hybridized carbons (Fsp3) is 0.320. The van der Waals surface area contributed by atoms with Crippen LogP contribution in [0.2, 0.25) is 0 Å². The molecule has 0 unspecified atom stereocenters. The number of esters is 1. The lowest BCUT2D eigenvalue weighted by Gasteiger charge is -2.26. The van der Waals surface area contributed by atoms with Crippen LogP contribution in [0.4, 0.5) is 5.69 Å². The molecule has 1 aliphatic rings. The summed E-state index contributed by atoms with van der Waals surface area (Å²) in [6.45, 7) is 4.78. The highest BCUT2D eigenvalue weighted by Gasteiger charge is 2.27. The Labute approximate surface area is 204 Å². The van der Waals surface area contributed by atoms with Crippen LogP contribution in [0.25, 0.3) is 5.69 Å². The third-order valence-corrected chi connectivity index (χ3v) is 7.76. The molecule has 0 aliphatic carbocycles. The van der Waals surface area contributed by atoms with Gasteiger partial charge in [-0.1, -0.05) is 12.5 Å². The van der Waals surface area contributed by atoms with Crippen molar-refractivity contribution in [3.63, 3.8) is 0 Å². The number of carbonyl (C=O) groups excluding carboxylic acids is 2. The molecular formula is C25H28N4O5S. The third-order valence-electron chi connectivity index (χ3n) is 5.87. The van der Waals surface area contributed by atoms with E-state index in [4.69, 9.17) is 4.74 Å². The highest BCUT2D eigenvalue weighted by Crippen LogP contribution is 2.24. The Morgan fingerprint density at radius 3 is 2.43 bits per heavy atom. The second-order valence-corrected chi connectivity index (χ2v) is 10.2. The van der Waals surface area contributed by atoms with Gasteiger partial charge in [0.2, 0.25) is 10.0 Å². The van der Waals surface area contributed by atoms with Gasteiger partial charge in [0.25, 0.3) is 5.91 Å². The molecule has 2 heterocycles. The van der Waals surface area contributed by atoms with E-state index in [1.165, 1.54) is 15.1 Å². The maximum absolute atomic E-state index is 13.0. The van der Waals surface area contributed by atoms with E-state index in [-0.39, 0.29) is 17.2 Å². The summed E-state index contributed by atoms with van der Waals surface area (Å²) in [7, 11) is -3.64. The van der Waals surface area contributed by atoms with Crippen molar-refractivity contribution in [1.29, 1.82) is 0 Å². The van der Waals surface area contributed by atoms with Crippen molar-refractivity contribution >= 4 is 27.6 Å². The predicted molar refractivity (Wildman–Crippen MR) is 131 cm³/mol. The molecule has 9 nitrogen and oxygen atoms in total. The summed E-state index contributed by atoms with van der Waals surface area (Å²) in [5, 5.41) is 7.04. The van der Waals surface area contributed by atoms with Crippen molar-refractivity contribution < 1.29 is 22.7 Å². The van der Waals surface area contributed by atoms with Gasteiger partial charge in [-0.05, 0) is 74.7 Å². The topological polar surface area (TPSA) is 111 Å². The van der Waals surface area contributed by atoms with Crippen LogP contribution in [0, 0.1) is 6.92 Å². The largest absolute Gasteiger partial charge is 0.461 e. The molecule has 35 heavy (non-hydrogen) atoms. The van der Waals surface area contributed by atoms with Gasteiger partial charge in [0.15, 0.2) is 5.69 Å². The van der Waals surface area contributed by atoms with E-state index in [1.54, 1.807) is 62.5 Å². The van der Waals surface area contributed by atoms with Crippen LogP contribution < -0.4 is 5.32 Å². The molecular weight excluding hydrogens is 468 g/mol. The maximum Gasteiger partial charge on any atom is 0.358 e. The second kappa shape index (κ2) is 10.4. The van der Waals surface area contributed by atoms with E-state index in [1.807, 2.05) is 0 Å². The number of hydrogen-bond acceptors (Lipinski definition) is 6. The average Bonchev–Trinajstić information content (AvgIpc) is 3.36. The Kier molecular flexibility index (Phi) is 7.32. The molecule has 1 aromatic heterocycles. The number of anilines is 1. The van der Waals surface area contributed by atoms with Crippen LogP contribution in [-0.2, 0) is 14.8 Å². The number of nitrogens with zero attached hydrogens (tertiary/aromatic N) is 3. The minimum Gasteiger partial charge on any atom is -0.461 e. The Morgan fingerprint density at radius 1 is 1.03 bits per heavy atom. The first-order valence-corrected chi connectivity index (χ1v) is 13.0. The molecule has 1 saturated heterocycles. The number of nitrogens with one attached hydrogen (secondary N) is 1. The Balaban J connectivity index is 1.49. The fourth-order valence-electron chi connectivity index (χ4n) is 3.94.